The van der Waals surface area contributed by atoms with Crippen molar-refractivity contribution in [2.24, 2.45) is 0 Å². The molecule has 0 amide bonds. The van der Waals surface area contributed by atoms with Crippen molar-refractivity contribution in [1.29, 1.82) is 0 Å². The normalized spacial score (nSPS) is 14.7. The lowest BCUT2D eigenvalue weighted by Gasteiger charge is -2.27. The van der Waals surface area contributed by atoms with E-state index >= 15 is 0 Å². The Kier molecular flexibility index (Phi) is 4.59. The summed E-state index contributed by atoms with van der Waals surface area (Å²) < 4.78 is 0. The Hall–Kier alpha value is -2.11. The van der Waals surface area contributed by atoms with Gasteiger partial charge in [0.1, 0.15) is 10.8 Å². The second-order valence-corrected chi connectivity index (χ2v) is 7.49. The highest BCUT2D eigenvalue weighted by atomic mass is 35.5. The number of piperidine rings is 1. The SMILES string of the molecule is Nc1ccc(-c2csc(-c3ccnc(N4CCCCC4)c3)n2)c(Cl)c1. The first kappa shape index (κ1) is 16.4. The van der Waals surface area contributed by atoms with Gasteiger partial charge in [0.25, 0.3) is 0 Å². The summed E-state index contributed by atoms with van der Waals surface area (Å²) >= 11 is 7.93. The van der Waals surface area contributed by atoms with Crippen LogP contribution in [0, 0.1) is 0 Å². The van der Waals surface area contributed by atoms with E-state index in [9.17, 15) is 0 Å². The van der Waals surface area contributed by atoms with Crippen LogP contribution in [0.5, 0.6) is 0 Å². The van der Waals surface area contributed by atoms with E-state index in [1.807, 2.05) is 29.8 Å². The molecule has 1 aromatic carbocycles. The maximum atomic E-state index is 6.31. The predicted octanol–water partition coefficient (Wildman–Crippen LogP) is 5.10. The molecule has 2 N–H and O–H groups in total. The number of hydrogen-bond donors (Lipinski definition) is 1. The third-order valence-corrected chi connectivity index (χ3v) is 5.65. The van der Waals surface area contributed by atoms with Crippen LogP contribution in [0.3, 0.4) is 0 Å². The van der Waals surface area contributed by atoms with E-state index in [4.69, 9.17) is 22.3 Å². The van der Waals surface area contributed by atoms with Crippen LogP contribution >= 0.6 is 22.9 Å². The molecule has 0 atom stereocenters. The lowest BCUT2D eigenvalue weighted by molar-refractivity contribution is 0.573. The van der Waals surface area contributed by atoms with Gasteiger partial charge in [-0.05, 0) is 49.6 Å². The second-order valence-electron chi connectivity index (χ2n) is 6.23. The van der Waals surface area contributed by atoms with Gasteiger partial charge in [-0.3, -0.25) is 0 Å². The van der Waals surface area contributed by atoms with Gasteiger partial charge < -0.3 is 10.6 Å². The van der Waals surface area contributed by atoms with Gasteiger partial charge in [0, 0.05) is 41.5 Å². The summed E-state index contributed by atoms with van der Waals surface area (Å²) in [7, 11) is 0. The molecule has 3 heterocycles. The Balaban J connectivity index is 1.63. The Morgan fingerprint density at radius 3 is 2.72 bits per heavy atom. The number of nitrogen functional groups attached to an aromatic ring is 1. The van der Waals surface area contributed by atoms with Crippen LogP contribution < -0.4 is 10.6 Å². The molecular formula is C19H19ClN4S. The van der Waals surface area contributed by atoms with Crippen LogP contribution in [0.4, 0.5) is 11.5 Å². The van der Waals surface area contributed by atoms with E-state index in [1.165, 1.54) is 19.3 Å². The third kappa shape index (κ3) is 3.48. The molecule has 128 valence electrons. The largest absolute Gasteiger partial charge is 0.399 e. The molecule has 0 saturated carbocycles. The molecule has 2 aromatic heterocycles. The topological polar surface area (TPSA) is 55.0 Å². The van der Waals surface area contributed by atoms with Gasteiger partial charge in [-0.25, -0.2) is 9.97 Å². The van der Waals surface area contributed by atoms with E-state index in [1.54, 1.807) is 17.4 Å². The van der Waals surface area contributed by atoms with E-state index in [0.29, 0.717) is 10.7 Å². The molecule has 0 bridgehead atoms. The number of pyridine rings is 1. The predicted molar refractivity (Wildman–Crippen MR) is 106 cm³/mol. The zero-order valence-electron chi connectivity index (χ0n) is 13.8. The molecule has 0 unspecified atom stereocenters. The van der Waals surface area contributed by atoms with Crippen molar-refractivity contribution in [2.75, 3.05) is 23.7 Å². The molecule has 1 aliphatic rings. The monoisotopic (exact) mass is 370 g/mol. The maximum absolute atomic E-state index is 6.31. The quantitative estimate of drug-likeness (QED) is 0.652. The Morgan fingerprint density at radius 1 is 1.08 bits per heavy atom. The van der Waals surface area contributed by atoms with E-state index in [0.717, 1.165) is 40.7 Å². The minimum absolute atomic E-state index is 0.626. The molecular weight excluding hydrogens is 352 g/mol. The fraction of sp³-hybridized carbons (Fsp3) is 0.263. The number of rotatable bonds is 3. The van der Waals surface area contributed by atoms with Crippen LogP contribution in [0.25, 0.3) is 21.8 Å². The molecule has 6 heteroatoms. The summed E-state index contributed by atoms with van der Waals surface area (Å²) in [5, 5.41) is 3.64. The van der Waals surface area contributed by atoms with E-state index < -0.39 is 0 Å². The maximum Gasteiger partial charge on any atom is 0.129 e. The van der Waals surface area contributed by atoms with Crippen molar-refractivity contribution in [1.82, 2.24) is 9.97 Å². The molecule has 1 aliphatic heterocycles. The minimum atomic E-state index is 0.626. The van der Waals surface area contributed by atoms with Gasteiger partial charge in [0.15, 0.2) is 0 Å². The number of nitrogens with two attached hydrogens (primary N) is 1. The fourth-order valence-electron chi connectivity index (χ4n) is 3.12. The van der Waals surface area contributed by atoms with Crippen LogP contribution in [0.1, 0.15) is 19.3 Å². The number of hydrogen-bond acceptors (Lipinski definition) is 5. The molecule has 0 spiro atoms. The zero-order valence-corrected chi connectivity index (χ0v) is 15.4. The summed E-state index contributed by atoms with van der Waals surface area (Å²) in [5.41, 5.74) is 9.31. The average molecular weight is 371 g/mol. The molecule has 1 saturated heterocycles. The van der Waals surface area contributed by atoms with Crippen molar-refractivity contribution >= 4 is 34.4 Å². The van der Waals surface area contributed by atoms with Gasteiger partial charge >= 0.3 is 0 Å². The van der Waals surface area contributed by atoms with Crippen molar-refractivity contribution in [3.8, 4) is 21.8 Å². The summed E-state index contributed by atoms with van der Waals surface area (Å²) in [5.74, 6) is 1.04. The summed E-state index contributed by atoms with van der Waals surface area (Å²) in [6, 6.07) is 9.68. The van der Waals surface area contributed by atoms with Crippen LogP contribution in [0.15, 0.2) is 41.9 Å². The molecule has 25 heavy (non-hydrogen) atoms. The van der Waals surface area contributed by atoms with Gasteiger partial charge in [0.05, 0.1) is 10.7 Å². The molecule has 0 aliphatic carbocycles. The first-order chi connectivity index (χ1) is 12.2. The third-order valence-electron chi connectivity index (χ3n) is 4.45. The number of thiazole rings is 1. The number of aromatic nitrogens is 2. The fourth-order valence-corrected chi connectivity index (χ4v) is 4.22. The minimum Gasteiger partial charge on any atom is -0.399 e. The number of benzene rings is 1. The number of anilines is 2. The highest BCUT2D eigenvalue weighted by Gasteiger charge is 2.14. The summed E-state index contributed by atoms with van der Waals surface area (Å²) in [4.78, 5) is 11.7. The molecule has 4 nitrogen and oxygen atoms in total. The number of halogens is 1. The van der Waals surface area contributed by atoms with Crippen molar-refractivity contribution < 1.29 is 0 Å². The van der Waals surface area contributed by atoms with Crippen molar-refractivity contribution in [3.63, 3.8) is 0 Å². The van der Waals surface area contributed by atoms with Crippen LogP contribution in [-0.2, 0) is 0 Å². The lowest BCUT2D eigenvalue weighted by Crippen LogP contribution is -2.30. The smallest absolute Gasteiger partial charge is 0.129 e. The zero-order chi connectivity index (χ0) is 17.2. The van der Waals surface area contributed by atoms with Crippen LogP contribution in [0.2, 0.25) is 5.02 Å². The van der Waals surface area contributed by atoms with Gasteiger partial charge in [0.2, 0.25) is 0 Å². The first-order valence-electron chi connectivity index (χ1n) is 8.43. The Labute approximate surface area is 156 Å². The van der Waals surface area contributed by atoms with Gasteiger partial charge in [-0.15, -0.1) is 11.3 Å². The first-order valence-corrected chi connectivity index (χ1v) is 9.69. The highest BCUT2D eigenvalue weighted by molar-refractivity contribution is 7.13. The molecule has 0 radical (unpaired) electrons. The Morgan fingerprint density at radius 2 is 1.92 bits per heavy atom. The summed E-state index contributed by atoms with van der Waals surface area (Å²) in [6.07, 6.45) is 5.66. The van der Waals surface area contributed by atoms with E-state index in [-0.39, 0.29) is 0 Å². The standard InChI is InChI=1S/C19H19ClN4S/c20-16-11-14(21)4-5-15(16)17-12-25-19(23-17)13-6-7-22-18(10-13)24-8-2-1-3-9-24/h4-7,10-12H,1-3,8-9,21H2. The number of nitrogens with zero attached hydrogens (tertiary/aromatic N) is 3. The van der Waals surface area contributed by atoms with E-state index in [2.05, 4.69) is 16.0 Å². The van der Waals surface area contributed by atoms with Gasteiger partial charge in [-0.2, -0.15) is 0 Å². The molecule has 3 aromatic rings. The van der Waals surface area contributed by atoms with Crippen molar-refractivity contribution in [3.05, 3.63) is 46.9 Å². The Bertz CT molecular complexity index is 887. The second kappa shape index (κ2) is 7.02. The highest BCUT2D eigenvalue weighted by Crippen LogP contribution is 2.34. The average Bonchev–Trinajstić information content (AvgIpc) is 3.12. The summed E-state index contributed by atoms with van der Waals surface area (Å²) in [6.45, 7) is 2.17. The van der Waals surface area contributed by atoms with Crippen molar-refractivity contribution in [2.45, 2.75) is 19.3 Å². The van der Waals surface area contributed by atoms with Gasteiger partial charge in [-0.1, -0.05) is 11.6 Å². The van der Waals surface area contributed by atoms with Crippen LogP contribution in [-0.4, -0.2) is 23.1 Å². The lowest BCUT2D eigenvalue weighted by atomic mass is 10.1. The molecule has 4 rings (SSSR count). The molecule has 1 fully saturated rings.